The van der Waals surface area contributed by atoms with E-state index in [-0.39, 0.29) is 0 Å². The van der Waals surface area contributed by atoms with Gasteiger partial charge in [0, 0.05) is 24.1 Å². The summed E-state index contributed by atoms with van der Waals surface area (Å²) in [6.45, 7) is 4.73. The maximum atomic E-state index is 4.29. The van der Waals surface area contributed by atoms with Crippen molar-refractivity contribution in [1.29, 1.82) is 0 Å². The van der Waals surface area contributed by atoms with E-state index in [0.717, 1.165) is 17.5 Å². The van der Waals surface area contributed by atoms with Crippen LogP contribution in [0.25, 0.3) is 5.69 Å². The number of nitrogens with zero attached hydrogens (tertiary/aromatic N) is 2. The van der Waals surface area contributed by atoms with E-state index in [9.17, 15) is 0 Å². The first kappa shape index (κ1) is 13.2. The van der Waals surface area contributed by atoms with Crippen molar-refractivity contribution < 1.29 is 0 Å². The van der Waals surface area contributed by atoms with Crippen LogP contribution in [-0.4, -0.2) is 15.8 Å². The summed E-state index contributed by atoms with van der Waals surface area (Å²) < 4.78 is 1.90. The van der Waals surface area contributed by atoms with E-state index in [1.807, 2.05) is 23.1 Å². The smallest absolute Gasteiger partial charge is 0.0666 e. The molecule has 1 saturated carbocycles. The second-order valence-electron chi connectivity index (χ2n) is 6.26. The Morgan fingerprint density at radius 1 is 1.10 bits per heavy atom. The molecule has 0 bridgehead atoms. The van der Waals surface area contributed by atoms with Gasteiger partial charge in [-0.1, -0.05) is 19.9 Å². The largest absolute Gasteiger partial charge is 0.382 e. The van der Waals surface area contributed by atoms with Crippen molar-refractivity contribution in [2.75, 3.05) is 5.32 Å². The quantitative estimate of drug-likeness (QED) is 0.908. The Bertz CT molecular complexity index is 537. The molecule has 0 aliphatic heterocycles. The molecule has 2 aromatic rings. The average molecular weight is 269 g/mol. The molecular weight excluding hydrogens is 246 g/mol. The van der Waals surface area contributed by atoms with Gasteiger partial charge in [-0.2, -0.15) is 5.10 Å². The third kappa shape index (κ3) is 3.03. The van der Waals surface area contributed by atoms with Crippen molar-refractivity contribution >= 4 is 5.69 Å². The minimum absolute atomic E-state index is 0.599. The van der Waals surface area contributed by atoms with Gasteiger partial charge in [0.05, 0.1) is 5.69 Å². The number of rotatable bonds is 3. The number of nitrogens with one attached hydrogen (secondary N) is 1. The number of benzene rings is 1. The fourth-order valence-corrected chi connectivity index (χ4v) is 3.46. The van der Waals surface area contributed by atoms with Gasteiger partial charge in [-0.25, -0.2) is 4.68 Å². The average Bonchev–Trinajstić information content (AvgIpc) is 2.91. The summed E-state index contributed by atoms with van der Waals surface area (Å²) in [5, 5.41) is 7.99. The fourth-order valence-electron chi connectivity index (χ4n) is 3.46. The molecule has 0 amide bonds. The van der Waals surface area contributed by atoms with Crippen molar-refractivity contribution in [1.82, 2.24) is 9.78 Å². The van der Waals surface area contributed by atoms with Gasteiger partial charge >= 0.3 is 0 Å². The molecule has 1 heterocycles. The summed E-state index contributed by atoms with van der Waals surface area (Å²) in [6, 6.07) is 11.1. The summed E-state index contributed by atoms with van der Waals surface area (Å²) >= 11 is 0. The molecule has 1 aliphatic carbocycles. The van der Waals surface area contributed by atoms with Crippen LogP contribution in [0.3, 0.4) is 0 Å². The molecule has 1 fully saturated rings. The summed E-state index contributed by atoms with van der Waals surface area (Å²) in [6.07, 6.45) is 7.70. The van der Waals surface area contributed by atoms with Gasteiger partial charge in [-0.05, 0) is 55.4 Å². The Balaban J connectivity index is 1.73. The van der Waals surface area contributed by atoms with E-state index in [1.54, 1.807) is 0 Å². The predicted molar refractivity (Wildman–Crippen MR) is 83.2 cm³/mol. The lowest BCUT2D eigenvalue weighted by Crippen LogP contribution is -2.30. The van der Waals surface area contributed by atoms with Crippen LogP contribution in [0.5, 0.6) is 0 Å². The van der Waals surface area contributed by atoms with Crippen molar-refractivity contribution in [2.24, 2.45) is 11.8 Å². The Morgan fingerprint density at radius 3 is 2.60 bits per heavy atom. The van der Waals surface area contributed by atoms with Crippen LogP contribution in [-0.2, 0) is 0 Å². The molecule has 3 nitrogen and oxygen atoms in total. The number of hydrogen-bond donors (Lipinski definition) is 1. The molecule has 3 heteroatoms. The zero-order chi connectivity index (χ0) is 13.9. The topological polar surface area (TPSA) is 29.9 Å². The van der Waals surface area contributed by atoms with Crippen molar-refractivity contribution in [3.63, 3.8) is 0 Å². The van der Waals surface area contributed by atoms with Crippen molar-refractivity contribution in [2.45, 2.75) is 39.2 Å². The Morgan fingerprint density at radius 2 is 1.90 bits per heavy atom. The van der Waals surface area contributed by atoms with E-state index < -0.39 is 0 Å². The van der Waals surface area contributed by atoms with Crippen LogP contribution in [0.15, 0.2) is 42.7 Å². The van der Waals surface area contributed by atoms with Crippen molar-refractivity contribution in [3.8, 4) is 5.69 Å². The third-order valence-electron chi connectivity index (χ3n) is 4.16. The van der Waals surface area contributed by atoms with Crippen LogP contribution in [0, 0.1) is 11.8 Å². The minimum atomic E-state index is 0.599. The maximum absolute atomic E-state index is 4.29. The van der Waals surface area contributed by atoms with Gasteiger partial charge in [0.1, 0.15) is 0 Å². The van der Waals surface area contributed by atoms with E-state index in [0.29, 0.717) is 6.04 Å². The Hall–Kier alpha value is -1.77. The standard InChI is InChI=1S/C17H23N3/c1-13-9-14(2)11-16(10-13)19-15-5-3-6-17(12-15)20-8-4-7-18-20/h3-8,12-14,16,19H,9-11H2,1-2H3. The first-order valence-corrected chi connectivity index (χ1v) is 7.57. The number of hydrogen-bond acceptors (Lipinski definition) is 2. The summed E-state index contributed by atoms with van der Waals surface area (Å²) in [5.74, 6) is 1.65. The summed E-state index contributed by atoms with van der Waals surface area (Å²) in [7, 11) is 0. The fraction of sp³-hybridized carbons (Fsp3) is 0.471. The van der Waals surface area contributed by atoms with Crippen molar-refractivity contribution in [3.05, 3.63) is 42.7 Å². The van der Waals surface area contributed by atoms with Gasteiger partial charge < -0.3 is 5.32 Å². The molecule has 1 N–H and O–H groups in total. The minimum Gasteiger partial charge on any atom is -0.382 e. The highest BCUT2D eigenvalue weighted by atomic mass is 15.3. The summed E-state index contributed by atoms with van der Waals surface area (Å²) in [5.41, 5.74) is 2.31. The predicted octanol–water partition coefficient (Wildman–Crippen LogP) is 4.11. The van der Waals surface area contributed by atoms with Crippen LogP contribution in [0.2, 0.25) is 0 Å². The number of aromatic nitrogens is 2. The highest BCUT2D eigenvalue weighted by Gasteiger charge is 2.23. The normalized spacial score (nSPS) is 26.4. The van der Waals surface area contributed by atoms with E-state index >= 15 is 0 Å². The molecule has 3 rings (SSSR count). The van der Waals surface area contributed by atoms with E-state index in [4.69, 9.17) is 0 Å². The number of anilines is 1. The lowest BCUT2D eigenvalue weighted by atomic mass is 9.80. The second kappa shape index (κ2) is 5.70. The lowest BCUT2D eigenvalue weighted by Gasteiger charge is -2.32. The SMILES string of the molecule is CC1CC(C)CC(Nc2cccc(-n3cccn3)c2)C1. The van der Waals surface area contributed by atoms with Gasteiger partial charge in [0.2, 0.25) is 0 Å². The van der Waals surface area contributed by atoms with Gasteiger partial charge in [-0.15, -0.1) is 0 Å². The molecule has 2 atom stereocenters. The van der Waals surface area contributed by atoms with E-state index in [1.165, 1.54) is 24.9 Å². The van der Waals surface area contributed by atoms with E-state index in [2.05, 4.69) is 48.5 Å². The molecule has 0 radical (unpaired) electrons. The molecule has 0 spiro atoms. The molecule has 1 aliphatic rings. The van der Waals surface area contributed by atoms with Crippen LogP contribution in [0.1, 0.15) is 33.1 Å². The van der Waals surface area contributed by atoms with Gasteiger partial charge in [0.15, 0.2) is 0 Å². The summed E-state index contributed by atoms with van der Waals surface area (Å²) in [4.78, 5) is 0. The molecular formula is C17H23N3. The van der Waals surface area contributed by atoms with Gasteiger partial charge in [-0.3, -0.25) is 0 Å². The molecule has 1 aromatic heterocycles. The second-order valence-corrected chi connectivity index (χ2v) is 6.26. The van der Waals surface area contributed by atoms with Crippen LogP contribution < -0.4 is 5.32 Å². The highest BCUT2D eigenvalue weighted by Crippen LogP contribution is 2.30. The highest BCUT2D eigenvalue weighted by molar-refractivity contribution is 5.51. The molecule has 106 valence electrons. The Kier molecular flexibility index (Phi) is 3.77. The third-order valence-corrected chi connectivity index (χ3v) is 4.16. The zero-order valence-corrected chi connectivity index (χ0v) is 12.3. The molecule has 1 aromatic carbocycles. The van der Waals surface area contributed by atoms with Gasteiger partial charge in [0.25, 0.3) is 0 Å². The first-order chi connectivity index (χ1) is 9.70. The Labute approximate surface area is 121 Å². The molecule has 20 heavy (non-hydrogen) atoms. The molecule has 0 saturated heterocycles. The van der Waals surface area contributed by atoms with Crippen LogP contribution in [0.4, 0.5) is 5.69 Å². The van der Waals surface area contributed by atoms with Crippen LogP contribution >= 0.6 is 0 Å². The molecule has 2 unspecified atom stereocenters. The lowest BCUT2D eigenvalue weighted by molar-refractivity contribution is 0.281. The monoisotopic (exact) mass is 269 g/mol. The first-order valence-electron chi connectivity index (χ1n) is 7.57. The zero-order valence-electron chi connectivity index (χ0n) is 12.3. The maximum Gasteiger partial charge on any atom is 0.0666 e.